The summed E-state index contributed by atoms with van der Waals surface area (Å²) in [5.41, 5.74) is 7.22. The molecular formula is C14H13ClN4O2. The third-order valence-corrected chi connectivity index (χ3v) is 2.79. The SMILES string of the molecule is Cc1cc(C(=O)Nc2ccc(NC(N)=O)cc2)cc(Cl)n1. The number of primary amides is 1. The molecule has 4 N–H and O–H groups in total. The van der Waals surface area contributed by atoms with Crippen molar-refractivity contribution in [2.24, 2.45) is 5.73 Å². The number of benzene rings is 1. The zero-order valence-corrected chi connectivity index (χ0v) is 11.9. The van der Waals surface area contributed by atoms with Crippen LogP contribution in [0.2, 0.25) is 5.15 Å². The second-order valence-corrected chi connectivity index (χ2v) is 4.73. The van der Waals surface area contributed by atoms with Crippen LogP contribution in [0.15, 0.2) is 36.4 Å². The first-order chi connectivity index (χ1) is 9.94. The summed E-state index contributed by atoms with van der Waals surface area (Å²) in [6.45, 7) is 1.76. The predicted octanol–water partition coefficient (Wildman–Crippen LogP) is 2.79. The number of amides is 3. The molecule has 108 valence electrons. The normalized spacial score (nSPS) is 10.0. The fourth-order valence-electron chi connectivity index (χ4n) is 1.74. The van der Waals surface area contributed by atoms with E-state index in [4.69, 9.17) is 17.3 Å². The minimum atomic E-state index is -0.645. The smallest absolute Gasteiger partial charge is 0.316 e. The number of halogens is 1. The zero-order chi connectivity index (χ0) is 15.4. The fraction of sp³-hybridized carbons (Fsp3) is 0.0714. The van der Waals surface area contributed by atoms with E-state index in [1.165, 1.54) is 6.07 Å². The molecule has 3 amide bonds. The fourth-order valence-corrected chi connectivity index (χ4v) is 1.99. The Morgan fingerprint density at radius 1 is 1.10 bits per heavy atom. The quantitative estimate of drug-likeness (QED) is 0.760. The van der Waals surface area contributed by atoms with Gasteiger partial charge in [-0.05, 0) is 43.3 Å². The van der Waals surface area contributed by atoms with Gasteiger partial charge in [0.25, 0.3) is 5.91 Å². The molecular weight excluding hydrogens is 292 g/mol. The third kappa shape index (κ3) is 4.19. The molecule has 0 saturated carbocycles. The number of carbonyl (C=O) groups is 2. The maximum atomic E-state index is 12.1. The van der Waals surface area contributed by atoms with Crippen LogP contribution < -0.4 is 16.4 Å². The lowest BCUT2D eigenvalue weighted by atomic mass is 10.2. The van der Waals surface area contributed by atoms with Crippen molar-refractivity contribution in [3.05, 3.63) is 52.8 Å². The van der Waals surface area contributed by atoms with Crippen molar-refractivity contribution in [1.82, 2.24) is 4.98 Å². The largest absolute Gasteiger partial charge is 0.351 e. The lowest BCUT2D eigenvalue weighted by Crippen LogP contribution is -2.19. The monoisotopic (exact) mass is 304 g/mol. The Morgan fingerprint density at radius 3 is 2.19 bits per heavy atom. The molecule has 0 aliphatic rings. The molecule has 0 aliphatic heterocycles. The van der Waals surface area contributed by atoms with Crippen LogP contribution in [-0.4, -0.2) is 16.9 Å². The number of rotatable bonds is 3. The lowest BCUT2D eigenvalue weighted by Gasteiger charge is -2.07. The number of hydrogen-bond donors (Lipinski definition) is 3. The standard InChI is InChI=1S/C14H13ClN4O2/c1-8-6-9(7-12(15)17-8)13(20)18-10-2-4-11(5-3-10)19-14(16)21/h2-7H,1H3,(H,18,20)(H3,16,19,21). The molecule has 0 fully saturated rings. The molecule has 0 saturated heterocycles. The molecule has 2 aromatic rings. The van der Waals surface area contributed by atoms with Gasteiger partial charge in [-0.25, -0.2) is 9.78 Å². The first-order valence-corrected chi connectivity index (χ1v) is 6.44. The van der Waals surface area contributed by atoms with Crippen molar-refractivity contribution in [3.63, 3.8) is 0 Å². The van der Waals surface area contributed by atoms with E-state index in [1.54, 1.807) is 37.3 Å². The van der Waals surface area contributed by atoms with Crippen molar-refractivity contribution in [2.45, 2.75) is 6.92 Å². The molecule has 2 rings (SSSR count). The number of carbonyl (C=O) groups excluding carboxylic acids is 2. The predicted molar refractivity (Wildman–Crippen MR) is 81.6 cm³/mol. The van der Waals surface area contributed by atoms with Gasteiger partial charge in [0.2, 0.25) is 0 Å². The molecule has 0 unspecified atom stereocenters. The van der Waals surface area contributed by atoms with Crippen LogP contribution in [0, 0.1) is 6.92 Å². The highest BCUT2D eigenvalue weighted by Gasteiger charge is 2.08. The van der Waals surface area contributed by atoms with Crippen molar-refractivity contribution < 1.29 is 9.59 Å². The van der Waals surface area contributed by atoms with Gasteiger partial charge < -0.3 is 16.4 Å². The molecule has 0 bridgehead atoms. The van der Waals surface area contributed by atoms with Crippen LogP contribution in [0.4, 0.5) is 16.2 Å². The molecule has 0 spiro atoms. The first-order valence-electron chi connectivity index (χ1n) is 6.06. The molecule has 7 heteroatoms. The number of nitrogens with one attached hydrogen (secondary N) is 2. The summed E-state index contributed by atoms with van der Waals surface area (Å²) in [6.07, 6.45) is 0. The minimum Gasteiger partial charge on any atom is -0.351 e. The number of pyridine rings is 1. The van der Waals surface area contributed by atoms with Crippen molar-refractivity contribution in [2.75, 3.05) is 10.6 Å². The second-order valence-electron chi connectivity index (χ2n) is 4.34. The van der Waals surface area contributed by atoms with E-state index < -0.39 is 6.03 Å². The van der Waals surface area contributed by atoms with Gasteiger partial charge in [-0.15, -0.1) is 0 Å². The van der Waals surface area contributed by atoms with E-state index in [0.717, 1.165) is 0 Å². The summed E-state index contributed by atoms with van der Waals surface area (Å²) in [5, 5.41) is 5.42. The van der Waals surface area contributed by atoms with Crippen LogP contribution in [0.1, 0.15) is 16.1 Å². The molecule has 6 nitrogen and oxygen atoms in total. The van der Waals surface area contributed by atoms with Gasteiger partial charge in [-0.3, -0.25) is 4.79 Å². The number of urea groups is 1. The van der Waals surface area contributed by atoms with Crippen LogP contribution in [0.25, 0.3) is 0 Å². The van der Waals surface area contributed by atoms with Gasteiger partial charge >= 0.3 is 6.03 Å². The summed E-state index contributed by atoms with van der Waals surface area (Å²) in [4.78, 5) is 26.8. The van der Waals surface area contributed by atoms with Crippen molar-refractivity contribution in [3.8, 4) is 0 Å². The van der Waals surface area contributed by atoms with E-state index in [-0.39, 0.29) is 11.1 Å². The molecule has 1 aromatic heterocycles. The maximum Gasteiger partial charge on any atom is 0.316 e. The summed E-state index contributed by atoms with van der Waals surface area (Å²) in [7, 11) is 0. The highest BCUT2D eigenvalue weighted by atomic mass is 35.5. The van der Waals surface area contributed by atoms with Gasteiger partial charge in [0.1, 0.15) is 5.15 Å². The summed E-state index contributed by atoms with van der Waals surface area (Å²) in [6, 6.07) is 9.05. The van der Waals surface area contributed by atoms with Crippen LogP contribution in [-0.2, 0) is 0 Å². The molecule has 1 aromatic carbocycles. The Labute approximate surface area is 126 Å². The topological polar surface area (TPSA) is 97.1 Å². The van der Waals surface area contributed by atoms with E-state index in [9.17, 15) is 9.59 Å². The van der Waals surface area contributed by atoms with E-state index >= 15 is 0 Å². The van der Waals surface area contributed by atoms with E-state index in [0.29, 0.717) is 22.6 Å². The number of anilines is 2. The van der Waals surface area contributed by atoms with Gasteiger partial charge in [0.15, 0.2) is 0 Å². The number of hydrogen-bond acceptors (Lipinski definition) is 3. The summed E-state index contributed by atoms with van der Waals surface area (Å²) in [5.74, 6) is -0.294. The number of nitrogens with zero attached hydrogens (tertiary/aromatic N) is 1. The lowest BCUT2D eigenvalue weighted by molar-refractivity contribution is 0.102. The average molecular weight is 305 g/mol. The van der Waals surface area contributed by atoms with Gasteiger partial charge in [-0.2, -0.15) is 0 Å². The first kappa shape index (κ1) is 14.8. The summed E-state index contributed by atoms with van der Waals surface area (Å²) < 4.78 is 0. The van der Waals surface area contributed by atoms with Gasteiger partial charge in [-0.1, -0.05) is 11.6 Å². The molecule has 0 radical (unpaired) electrons. The van der Waals surface area contributed by atoms with Gasteiger partial charge in [0, 0.05) is 22.6 Å². The average Bonchev–Trinajstić information content (AvgIpc) is 2.39. The van der Waals surface area contributed by atoms with E-state index in [2.05, 4.69) is 15.6 Å². The Bertz CT molecular complexity index is 666. The Hall–Kier alpha value is -2.60. The molecule has 21 heavy (non-hydrogen) atoms. The third-order valence-electron chi connectivity index (χ3n) is 2.59. The zero-order valence-electron chi connectivity index (χ0n) is 11.2. The number of nitrogens with two attached hydrogens (primary N) is 1. The van der Waals surface area contributed by atoms with Crippen molar-refractivity contribution >= 4 is 34.9 Å². The highest BCUT2D eigenvalue weighted by Crippen LogP contribution is 2.16. The van der Waals surface area contributed by atoms with E-state index in [1.807, 2.05) is 0 Å². The Kier molecular flexibility index (Phi) is 4.39. The second kappa shape index (κ2) is 6.23. The molecule has 1 heterocycles. The Morgan fingerprint density at radius 2 is 1.67 bits per heavy atom. The summed E-state index contributed by atoms with van der Waals surface area (Å²) >= 11 is 5.82. The highest BCUT2D eigenvalue weighted by molar-refractivity contribution is 6.29. The van der Waals surface area contributed by atoms with Crippen LogP contribution >= 0.6 is 11.6 Å². The number of aryl methyl sites for hydroxylation is 1. The van der Waals surface area contributed by atoms with Crippen molar-refractivity contribution in [1.29, 1.82) is 0 Å². The minimum absolute atomic E-state index is 0.265. The Balaban J connectivity index is 2.10. The van der Waals surface area contributed by atoms with Crippen LogP contribution in [0.5, 0.6) is 0 Å². The van der Waals surface area contributed by atoms with Crippen LogP contribution in [0.3, 0.4) is 0 Å². The molecule has 0 aliphatic carbocycles. The van der Waals surface area contributed by atoms with Gasteiger partial charge in [0.05, 0.1) is 0 Å². The number of aromatic nitrogens is 1. The molecule has 0 atom stereocenters. The maximum absolute atomic E-state index is 12.1.